The Bertz CT molecular complexity index is 3300. The topological polar surface area (TPSA) is 444 Å². The quantitative estimate of drug-likeness (QED) is 0.0206. The lowest BCUT2D eigenvalue weighted by atomic mass is 10.1. The molecule has 3 aromatic carbocycles. The first kappa shape index (κ1) is 66.5. The van der Waals surface area contributed by atoms with Gasteiger partial charge in [0.2, 0.25) is 31.9 Å². The number of amides is 3. The average molecular weight is 1250 g/mol. The van der Waals surface area contributed by atoms with E-state index in [0.29, 0.717) is 48.6 Å². The summed E-state index contributed by atoms with van der Waals surface area (Å²) >= 11 is 0. The molecular formula is C51H70N14O17S3. The molecule has 2 atom stereocenters. The number of aromatic amines is 1. The number of nitrogens with one attached hydrogen (secondary N) is 7. The summed E-state index contributed by atoms with van der Waals surface area (Å²) in [7, 11) is -13.1. The number of carbonyl (C=O) groups is 6. The van der Waals surface area contributed by atoms with Gasteiger partial charge in [0.1, 0.15) is 12.1 Å². The molecule has 0 saturated carbocycles. The summed E-state index contributed by atoms with van der Waals surface area (Å²) in [6, 6.07) is 12.0. The van der Waals surface area contributed by atoms with Crippen LogP contribution in [0.1, 0.15) is 16.8 Å². The van der Waals surface area contributed by atoms with Crippen molar-refractivity contribution in [2.75, 3.05) is 116 Å². The smallest absolute Gasteiger partial charge is 0.323 e. The molecule has 0 unspecified atom stereocenters. The first-order valence-corrected chi connectivity index (χ1v) is 31.0. The fraction of sp³-hybridized carbons (Fsp3) is 0.412. The van der Waals surface area contributed by atoms with Gasteiger partial charge in [0, 0.05) is 108 Å². The van der Waals surface area contributed by atoms with Crippen LogP contribution in [0.15, 0.2) is 107 Å². The lowest BCUT2D eigenvalue weighted by Gasteiger charge is -2.33. The van der Waals surface area contributed by atoms with Crippen molar-refractivity contribution < 1.29 is 79.7 Å². The number of anilines is 1. The normalized spacial score (nSPS) is 15.6. The molecule has 34 heteroatoms. The van der Waals surface area contributed by atoms with Crippen molar-refractivity contribution in [3.05, 3.63) is 103 Å². The van der Waals surface area contributed by atoms with Gasteiger partial charge in [0.05, 0.1) is 70.1 Å². The molecule has 6 rings (SSSR count). The second-order valence-corrected chi connectivity index (χ2v) is 24.8. The number of H-pyrrole nitrogens is 1. The first-order chi connectivity index (χ1) is 40.2. The van der Waals surface area contributed by atoms with E-state index in [-0.39, 0.29) is 86.6 Å². The van der Waals surface area contributed by atoms with Crippen LogP contribution in [0.5, 0.6) is 0 Å². The molecule has 2 aromatic heterocycles. The van der Waals surface area contributed by atoms with Gasteiger partial charge in [-0.25, -0.2) is 26.5 Å². The lowest BCUT2D eigenvalue weighted by Crippen LogP contribution is -2.54. The van der Waals surface area contributed by atoms with E-state index < -0.39 is 104 Å². The molecule has 0 aliphatic carbocycles. The van der Waals surface area contributed by atoms with Crippen LogP contribution in [0.4, 0.5) is 5.95 Å². The van der Waals surface area contributed by atoms with Crippen molar-refractivity contribution >= 4 is 83.4 Å². The van der Waals surface area contributed by atoms with Gasteiger partial charge in [0.25, 0.3) is 5.91 Å². The number of imidazole rings is 1. The summed E-state index contributed by atoms with van der Waals surface area (Å²) in [5.41, 5.74) is 1.88. The molecule has 0 radical (unpaired) electrons. The zero-order valence-corrected chi connectivity index (χ0v) is 48.4. The van der Waals surface area contributed by atoms with E-state index in [1.165, 1.54) is 48.5 Å². The van der Waals surface area contributed by atoms with Crippen molar-refractivity contribution in [3.63, 3.8) is 0 Å². The molecule has 5 aromatic rings. The molecule has 31 nitrogen and oxygen atoms in total. The van der Waals surface area contributed by atoms with E-state index in [2.05, 4.69) is 52.4 Å². The Labute approximate surface area is 490 Å². The van der Waals surface area contributed by atoms with Gasteiger partial charge in [-0.3, -0.25) is 53.0 Å². The van der Waals surface area contributed by atoms with Crippen LogP contribution < -0.4 is 30.7 Å². The number of carboxylic acids is 3. The predicted molar refractivity (Wildman–Crippen MR) is 311 cm³/mol. The van der Waals surface area contributed by atoms with E-state index >= 15 is 0 Å². The molecule has 1 aliphatic rings. The third kappa shape index (κ3) is 21.8. The van der Waals surface area contributed by atoms with E-state index in [0.717, 1.165) is 11.9 Å². The molecule has 1 fully saturated rings. The van der Waals surface area contributed by atoms with Gasteiger partial charge < -0.3 is 60.3 Å². The van der Waals surface area contributed by atoms with Crippen molar-refractivity contribution in [1.82, 2.24) is 64.7 Å². The highest BCUT2D eigenvalue weighted by atomic mass is 32.3. The van der Waals surface area contributed by atoms with Gasteiger partial charge in [-0.1, -0.05) is 30.8 Å². The van der Waals surface area contributed by atoms with Gasteiger partial charge in [-0.15, -0.1) is 0 Å². The van der Waals surface area contributed by atoms with Gasteiger partial charge in [0.15, 0.2) is 5.95 Å². The molecule has 85 heavy (non-hydrogen) atoms. The maximum absolute atomic E-state index is 13.5. The summed E-state index contributed by atoms with van der Waals surface area (Å²) in [6.07, 6.45) is 5.66. The maximum Gasteiger partial charge on any atom is 0.323 e. The van der Waals surface area contributed by atoms with E-state index in [9.17, 15) is 79.7 Å². The van der Waals surface area contributed by atoms with Gasteiger partial charge >= 0.3 is 17.9 Å². The summed E-state index contributed by atoms with van der Waals surface area (Å²) < 4.78 is 89.1. The number of fused-ring (bicyclic) bond motifs is 1. The standard InChI is InChI=1S/C51H70N14O17S3/c1-35(66)30-61-19-23-63(32-46(68)69)25-21-62(22-26-64(24-20-61)33-47(70)71)31-45(67)59-43(34-83(76,77)78)49(73)52-16-17-58-84(79,80)40-8-3-36(4-9-40)37-5-10-41(11-6-37)85(81,82)60-42(50(74)75)29-56-48(72)38-7-12-44-39(27-38)28-57-65(44)18-2-13-53-51-54-14-15-55-51/h3-12,14-15,27-28,42-43,58,60,66,76-78H,1-2,13,16-26,29-34H2,(H,52,73)(H,56,72)(H,59,67)(H,68,69)(H,70,71)(H,74,75)(H2,53,54,55)/t42-,43-/m0/s1. The molecule has 1 saturated heterocycles. The van der Waals surface area contributed by atoms with Crippen LogP contribution in [-0.4, -0.2) is 248 Å². The number of hydrogen-bond donors (Lipinski definition) is 14. The summed E-state index contributed by atoms with van der Waals surface area (Å²) in [6.45, 7) is 3.75. The Morgan fingerprint density at radius 3 is 1.73 bits per heavy atom. The van der Waals surface area contributed by atoms with Crippen LogP contribution in [0, 0.1) is 0 Å². The SMILES string of the molecule is C=C(O)CN1CCN(CC(=O)O)CCN(CC(=O)N[C@@H](CS(O)(O)O)C(=O)NCCNS(=O)(=O)c2ccc(-c3ccc(S(=O)(=O)N[C@@H](CNC(=O)c4ccc5c(cnn5CCCNc5ncc[nH]5)c4)C(=O)O)cc3)cc2)CCN(CC(=O)O)CC1. The summed E-state index contributed by atoms with van der Waals surface area (Å²) in [5.74, 6) is -6.80. The van der Waals surface area contributed by atoms with Crippen molar-refractivity contribution in [2.24, 2.45) is 0 Å². The highest BCUT2D eigenvalue weighted by Gasteiger charge is 2.30. The number of aliphatic carboxylic acids is 3. The van der Waals surface area contributed by atoms with Crippen LogP contribution in [0.25, 0.3) is 22.0 Å². The van der Waals surface area contributed by atoms with Crippen molar-refractivity contribution in [2.45, 2.75) is 34.8 Å². The fourth-order valence-electron chi connectivity index (χ4n) is 8.87. The summed E-state index contributed by atoms with van der Waals surface area (Å²) in [5, 5.41) is 54.3. The van der Waals surface area contributed by atoms with Gasteiger partial charge in [-0.2, -0.15) is 9.82 Å². The number of hydrogen-bond acceptors (Lipinski definition) is 21. The number of nitrogens with zero attached hydrogens (tertiary/aromatic N) is 7. The number of aromatic nitrogens is 4. The Morgan fingerprint density at radius 1 is 0.659 bits per heavy atom. The molecule has 0 bridgehead atoms. The number of aliphatic hydroxyl groups is 1. The largest absolute Gasteiger partial charge is 0.512 e. The van der Waals surface area contributed by atoms with Crippen LogP contribution >= 0.6 is 10.9 Å². The van der Waals surface area contributed by atoms with Crippen LogP contribution in [0.2, 0.25) is 0 Å². The van der Waals surface area contributed by atoms with Crippen LogP contribution in [0.3, 0.4) is 0 Å². The molecule has 3 heterocycles. The van der Waals surface area contributed by atoms with E-state index in [4.69, 9.17) is 0 Å². The molecular weight excluding hydrogens is 1180 g/mol. The second-order valence-electron chi connectivity index (χ2n) is 19.7. The minimum Gasteiger partial charge on any atom is -0.512 e. The number of rotatable bonds is 30. The second kappa shape index (κ2) is 31.0. The average Bonchev–Trinajstić information content (AvgIpc) is 4.01. The van der Waals surface area contributed by atoms with Crippen molar-refractivity contribution in [3.8, 4) is 11.1 Å². The number of aliphatic hydroxyl groups excluding tert-OH is 1. The first-order valence-electron chi connectivity index (χ1n) is 26.4. The third-order valence-corrected chi connectivity index (χ3v) is 16.9. The molecule has 1 aliphatic heterocycles. The van der Waals surface area contributed by atoms with Crippen LogP contribution in [-0.2, 0) is 50.6 Å². The molecule has 3 amide bonds. The maximum atomic E-state index is 13.5. The zero-order chi connectivity index (χ0) is 61.9. The minimum absolute atomic E-state index is 0.0753. The Hall–Kier alpha value is -7.61. The third-order valence-electron chi connectivity index (χ3n) is 13.1. The molecule has 14 N–H and O–H groups in total. The lowest BCUT2D eigenvalue weighted by molar-refractivity contribution is -0.139. The Kier molecular flexibility index (Phi) is 24.2. The number of carboxylic acid groups (broad SMARTS) is 3. The number of carbonyl (C=O) groups excluding carboxylic acids is 3. The number of sulfonamides is 2. The Morgan fingerprint density at radius 2 is 1.21 bits per heavy atom. The molecule has 0 spiro atoms. The highest BCUT2D eigenvalue weighted by molar-refractivity contribution is 8.19. The van der Waals surface area contributed by atoms with E-state index in [1.807, 2.05) is 0 Å². The number of benzene rings is 3. The highest BCUT2D eigenvalue weighted by Crippen LogP contribution is 2.33. The zero-order valence-electron chi connectivity index (χ0n) is 45.9. The van der Waals surface area contributed by atoms with Gasteiger partial charge in [-0.05, 0) is 60.0 Å². The summed E-state index contributed by atoms with van der Waals surface area (Å²) in [4.78, 5) is 88.6. The number of aryl methyl sites for hydroxylation is 1. The molecule has 464 valence electrons. The minimum atomic E-state index is -4.46. The van der Waals surface area contributed by atoms with E-state index in [1.54, 1.807) is 61.1 Å². The Balaban J connectivity index is 0.980. The predicted octanol–water partition coefficient (Wildman–Crippen LogP) is -0.345. The fourth-order valence-corrected chi connectivity index (χ4v) is 11.8. The monoisotopic (exact) mass is 1250 g/mol. The van der Waals surface area contributed by atoms with Crippen molar-refractivity contribution in [1.29, 1.82) is 0 Å².